The van der Waals surface area contributed by atoms with Gasteiger partial charge in [-0.05, 0) is 28.1 Å². The molecule has 0 spiro atoms. The van der Waals surface area contributed by atoms with Gasteiger partial charge < -0.3 is 19.9 Å². The number of carboxylic acid groups (broad SMARTS) is 1. The Morgan fingerprint density at radius 3 is 2.89 bits per heavy atom. The number of carbonyl (C=O) groups is 1. The normalized spacial score (nSPS) is 11.1. The minimum Gasteiger partial charge on any atom is -0.483 e. The fourth-order valence-electron chi connectivity index (χ4n) is 1.00. The van der Waals surface area contributed by atoms with E-state index in [0.717, 1.165) is 4.47 Å². The molecule has 6 nitrogen and oxygen atoms in total. The lowest BCUT2D eigenvalue weighted by molar-refractivity contribution is -0.136. The van der Waals surface area contributed by atoms with Crippen molar-refractivity contribution in [1.82, 2.24) is 4.98 Å². The van der Waals surface area contributed by atoms with Crippen molar-refractivity contribution in [2.45, 2.75) is 0 Å². The summed E-state index contributed by atoms with van der Waals surface area (Å²) in [7, 11) is 1.51. The van der Waals surface area contributed by atoms with E-state index in [-0.39, 0.29) is 12.4 Å². The lowest BCUT2D eigenvalue weighted by Gasteiger charge is -2.06. The highest BCUT2D eigenvalue weighted by atomic mass is 79.9. The maximum absolute atomic E-state index is 10.9. The predicted octanol–water partition coefficient (Wildman–Crippen LogP) is 1.84. The molecule has 1 aromatic rings. The van der Waals surface area contributed by atoms with Crippen molar-refractivity contribution in [1.29, 1.82) is 0 Å². The van der Waals surface area contributed by atoms with Crippen LogP contribution in [-0.4, -0.2) is 36.4 Å². The summed E-state index contributed by atoms with van der Waals surface area (Å²) < 4.78 is 10.6. The van der Waals surface area contributed by atoms with Crippen LogP contribution in [0.1, 0.15) is 0 Å². The van der Waals surface area contributed by atoms with Crippen molar-refractivity contribution in [3.8, 4) is 0 Å². The molecule has 0 aliphatic rings. The van der Waals surface area contributed by atoms with E-state index in [4.69, 9.17) is 14.6 Å². The summed E-state index contributed by atoms with van der Waals surface area (Å²) in [5, 5.41) is 11.6. The number of pyridine rings is 1. The summed E-state index contributed by atoms with van der Waals surface area (Å²) in [6, 6.07) is 3.49. The number of hydrogen-bond acceptors (Lipinski definition) is 5. The second kappa shape index (κ2) is 7.67. The molecule has 0 aromatic carbocycles. The lowest BCUT2D eigenvalue weighted by Crippen LogP contribution is -2.11. The van der Waals surface area contributed by atoms with E-state index in [2.05, 4.69) is 26.2 Å². The largest absolute Gasteiger partial charge is 0.483 e. The number of anilines is 1. The molecule has 1 rings (SSSR count). The summed E-state index contributed by atoms with van der Waals surface area (Å²) in [6.07, 6.45) is 2.84. The Balaban J connectivity index is 2.59. The number of rotatable bonds is 7. The fourth-order valence-corrected chi connectivity index (χ4v) is 1.24. The molecule has 0 saturated carbocycles. The standard InChI is InChI=1S/C11H13BrN2O4/c1-17-4-5-18-9(11(15)16)7-14-10-3-2-8(12)6-13-10/h2-3,6-7H,4-5H2,1H3,(H,13,14)(H,15,16)/b9-7+. The van der Waals surface area contributed by atoms with E-state index in [1.807, 2.05) is 0 Å². The Hall–Kier alpha value is -1.60. The molecular formula is C11H13BrN2O4. The van der Waals surface area contributed by atoms with Crippen LogP contribution in [0.5, 0.6) is 0 Å². The number of carboxylic acids is 1. The van der Waals surface area contributed by atoms with E-state index < -0.39 is 5.97 Å². The zero-order valence-corrected chi connectivity index (χ0v) is 11.3. The maximum atomic E-state index is 10.9. The monoisotopic (exact) mass is 316 g/mol. The number of halogens is 1. The first-order chi connectivity index (χ1) is 8.63. The molecular weight excluding hydrogens is 304 g/mol. The van der Waals surface area contributed by atoms with Gasteiger partial charge in [-0.15, -0.1) is 0 Å². The van der Waals surface area contributed by atoms with E-state index in [1.54, 1.807) is 18.3 Å². The van der Waals surface area contributed by atoms with E-state index in [9.17, 15) is 4.79 Å². The van der Waals surface area contributed by atoms with Crippen molar-refractivity contribution >= 4 is 27.7 Å². The minimum atomic E-state index is -1.16. The van der Waals surface area contributed by atoms with Crippen molar-refractivity contribution in [2.75, 3.05) is 25.6 Å². The van der Waals surface area contributed by atoms with Crippen LogP contribution in [0.2, 0.25) is 0 Å². The summed E-state index contributed by atoms with van der Waals surface area (Å²) in [4.78, 5) is 14.9. The van der Waals surface area contributed by atoms with Gasteiger partial charge in [-0.3, -0.25) is 0 Å². The number of aliphatic carboxylic acids is 1. The number of nitrogens with zero attached hydrogens (tertiary/aromatic N) is 1. The first-order valence-electron chi connectivity index (χ1n) is 5.06. The molecule has 0 fully saturated rings. The van der Waals surface area contributed by atoms with Crippen LogP contribution in [0.4, 0.5) is 5.82 Å². The van der Waals surface area contributed by atoms with Gasteiger partial charge in [0.15, 0.2) is 0 Å². The van der Waals surface area contributed by atoms with E-state index >= 15 is 0 Å². The molecule has 98 valence electrons. The zero-order valence-electron chi connectivity index (χ0n) is 9.72. The molecule has 0 unspecified atom stereocenters. The minimum absolute atomic E-state index is 0.171. The molecule has 18 heavy (non-hydrogen) atoms. The lowest BCUT2D eigenvalue weighted by atomic mass is 10.4. The van der Waals surface area contributed by atoms with Gasteiger partial charge >= 0.3 is 5.97 Å². The number of ether oxygens (including phenoxy) is 2. The Kier molecular flexibility index (Phi) is 6.16. The van der Waals surface area contributed by atoms with Gasteiger partial charge in [-0.25, -0.2) is 9.78 Å². The number of nitrogens with one attached hydrogen (secondary N) is 1. The summed E-state index contributed by atoms with van der Waals surface area (Å²) in [5.74, 6) is -0.834. The van der Waals surface area contributed by atoms with Crippen LogP contribution in [0.15, 0.2) is 34.8 Å². The van der Waals surface area contributed by atoms with E-state index in [0.29, 0.717) is 12.4 Å². The van der Waals surface area contributed by atoms with E-state index in [1.165, 1.54) is 13.3 Å². The number of aromatic nitrogens is 1. The zero-order chi connectivity index (χ0) is 13.4. The highest BCUT2D eigenvalue weighted by molar-refractivity contribution is 9.10. The number of hydrogen-bond donors (Lipinski definition) is 2. The average Bonchev–Trinajstić information content (AvgIpc) is 2.35. The number of methoxy groups -OCH3 is 1. The third-order valence-corrected chi connectivity index (χ3v) is 2.30. The maximum Gasteiger partial charge on any atom is 0.372 e. The third-order valence-electron chi connectivity index (χ3n) is 1.83. The molecule has 0 amide bonds. The van der Waals surface area contributed by atoms with Crippen LogP contribution in [-0.2, 0) is 14.3 Å². The molecule has 0 aliphatic carbocycles. The third kappa shape index (κ3) is 5.15. The molecule has 0 saturated heterocycles. The van der Waals surface area contributed by atoms with Crippen LogP contribution >= 0.6 is 15.9 Å². The summed E-state index contributed by atoms with van der Waals surface area (Å²) in [5.41, 5.74) is 0. The SMILES string of the molecule is COCCO/C(=C/Nc1ccc(Br)cn1)C(=O)O. The second-order valence-electron chi connectivity index (χ2n) is 3.16. The topological polar surface area (TPSA) is 80.7 Å². The molecule has 2 N–H and O–H groups in total. The van der Waals surface area contributed by atoms with Crippen molar-refractivity contribution < 1.29 is 19.4 Å². The smallest absolute Gasteiger partial charge is 0.372 e. The average molecular weight is 317 g/mol. The van der Waals surface area contributed by atoms with Gasteiger partial charge in [-0.2, -0.15) is 0 Å². The predicted molar refractivity (Wildman–Crippen MR) is 69.1 cm³/mol. The Morgan fingerprint density at radius 2 is 2.33 bits per heavy atom. The van der Waals surface area contributed by atoms with Crippen molar-refractivity contribution in [2.24, 2.45) is 0 Å². The van der Waals surface area contributed by atoms with Crippen LogP contribution in [0, 0.1) is 0 Å². The van der Waals surface area contributed by atoms with Crippen molar-refractivity contribution in [3.63, 3.8) is 0 Å². The molecule has 1 aromatic heterocycles. The Morgan fingerprint density at radius 1 is 1.56 bits per heavy atom. The first-order valence-corrected chi connectivity index (χ1v) is 5.86. The van der Waals surface area contributed by atoms with Gasteiger partial charge in [0.25, 0.3) is 0 Å². The summed E-state index contributed by atoms with van der Waals surface area (Å²) >= 11 is 3.25. The van der Waals surface area contributed by atoms with Gasteiger partial charge in [0, 0.05) is 17.8 Å². The Labute approximate surface area is 113 Å². The Bertz CT molecular complexity index is 420. The molecule has 0 aliphatic heterocycles. The van der Waals surface area contributed by atoms with Gasteiger partial charge in [0.05, 0.1) is 12.8 Å². The van der Waals surface area contributed by atoms with Crippen molar-refractivity contribution in [3.05, 3.63) is 34.8 Å². The molecule has 0 radical (unpaired) electrons. The molecule has 7 heteroatoms. The molecule has 0 bridgehead atoms. The highest BCUT2D eigenvalue weighted by Gasteiger charge is 2.08. The van der Waals surface area contributed by atoms with Gasteiger partial charge in [0.1, 0.15) is 12.4 Å². The van der Waals surface area contributed by atoms with Crippen LogP contribution in [0.3, 0.4) is 0 Å². The first kappa shape index (κ1) is 14.5. The van der Waals surface area contributed by atoms with Crippen LogP contribution < -0.4 is 5.32 Å². The van der Waals surface area contributed by atoms with Gasteiger partial charge in [0.2, 0.25) is 5.76 Å². The van der Waals surface area contributed by atoms with Gasteiger partial charge in [-0.1, -0.05) is 0 Å². The highest BCUT2D eigenvalue weighted by Crippen LogP contribution is 2.11. The van der Waals surface area contributed by atoms with Crippen LogP contribution in [0.25, 0.3) is 0 Å². The quantitative estimate of drug-likeness (QED) is 0.454. The molecule has 0 atom stereocenters. The fraction of sp³-hybridized carbons (Fsp3) is 0.273. The second-order valence-corrected chi connectivity index (χ2v) is 4.08. The molecule has 1 heterocycles. The summed E-state index contributed by atoms with van der Waals surface area (Å²) in [6.45, 7) is 0.491.